The lowest BCUT2D eigenvalue weighted by Gasteiger charge is -2.06. The average molecular weight is 391 g/mol. The minimum Gasteiger partial charge on any atom is -0.439 e. The van der Waals surface area contributed by atoms with E-state index in [1.165, 1.54) is 17.1 Å². The maximum atomic E-state index is 12.4. The Morgan fingerprint density at radius 1 is 1.17 bits per heavy atom. The van der Waals surface area contributed by atoms with Gasteiger partial charge in [0.25, 0.3) is 5.91 Å². The molecule has 0 aliphatic carbocycles. The van der Waals surface area contributed by atoms with Crippen molar-refractivity contribution in [3.05, 3.63) is 71.8 Å². The normalized spacial score (nSPS) is 10.7. The second kappa shape index (κ2) is 7.89. The van der Waals surface area contributed by atoms with Gasteiger partial charge in [0.05, 0.1) is 18.1 Å². The monoisotopic (exact) mass is 391 g/mol. The lowest BCUT2D eigenvalue weighted by molar-refractivity contribution is 0.102. The van der Waals surface area contributed by atoms with Crippen molar-refractivity contribution in [1.82, 2.24) is 30.1 Å². The molecular formula is C19H17N7O3. The number of pyridine rings is 1. The summed E-state index contributed by atoms with van der Waals surface area (Å²) in [6, 6.07) is 11.0. The molecule has 29 heavy (non-hydrogen) atoms. The number of carbonyl (C=O) groups is 1. The van der Waals surface area contributed by atoms with E-state index in [0.717, 1.165) is 5.56 Å². The molecule has 0 atom stereocenters. The number of nitrogens with one attached hydrogen (secondary N) is 1. The minimum absolute atomic E-state index is 0.158. The standard InChI is InChI=1S/C19H17N7O3/c1-12-3-6-15(7-4-12)28-18-8-5-14(9-20-18)22-19(27)16-10-26(25-23-16)11-17-21-13(2)29-24-17/h3-10H,11H2,1-2H3,(H,22,27). The van der Waals surface area contributed by atoms with E-state index < -0.39 is 5.91 Å². The molecule has 1 N–H and O–H groups in total. The Kier molecular flexibility index (Phi) is 4.97. The van der Waals surface area contributed by atoms with Gasteiger partial charge in [-0.25, -0.2) is 9.67 Å². The highest BCUT2D eigenvalue weighted by molar-refractivity contribution is 6.02. The molecule has 0 saturated carbocycles. The number of rotatable bonds is 6. The molecule has 0 fully saturated rings. The first-order valence-electron chi connectivity index (χ1n) is 8.76. The largest absolute Gasteiger partial charge is 0.439 e. The van der Waals surface area contributed by atoms with Crippen LogP contribution in [0.25, 0.3) is 0 Å². The summed E-state index contributed by atoms with van der Waals surface area (Å²) in [4.78, 5) is 20.6. The summed E-state index contributed by atoms with van der Waals surface area (Å²) in [6.07, 6.45) is 3.01. The Bertz CT molecular complexity index is 1120. The van der Waals surface area contributed by atoms with Gasteiger partial charge in [0.2, 0.25) is 11.8 Å². The van der Waals surface area contributed by atoms with Crippen molar-refractivity contribution in [2.75, 3.05) is 5.32 Å². The fraction of sp³-hybridized carbons (Fsp3) is 0.158. The molecule has 0 aliphatic rings. The van der Waals surface area contributed by atoms with Gasteiger partial charge in [-0.2, -0.15) is 4.98 Å². The number of aryl methyl sites for hydroxylation is 2. The van der Waals surface area contributed by atoms with Gasteiger partial charge >= 0.3 is 0 Å². The lowest BCUT2D eigenvalue weighted by Crippen LogP contribution is -2.12. The Labute approximate surface area is 165 Å². The third-order valence-electron chi connectivity index (χ3n) is 3.88. The Morgan fingerprint density at radius 3 is 2.69 bits per heavy atom. The molecule has 0 spiro atoms. The summed E-state index contributed by atoms with van der Waals surface area (Å²) in [6.45, 7) is 3.95. The van der Waals surface area contributed by atoms with Gasteiger partial charge in [-0.05, 0) is 25.1 Å². The maximum Gasteiger partial charge on any atom is 0.277 e. The fourth-order valence-electron chi connectivity index (χ4n) is 2.47. The summed E-state index contributed by atoms with van der Waals surface area (Å²) in [5.74, 6) is 1.61. The van der Waals surface area contributed by atoms with Gasteiger partial charge in [0.1, 0.15) is 12.3 Å². The zero-order chi connectivity index (χ0) is 20.2. The molecule has 3 heterocycles. The molecule has 146 valence electrons. The molecule has 3 aromatic heterocycles. The molecule has 4 rings (SSSR count). The van der Waals surface area contributed by atoms with E-state index in [-0.39, 0.29) is 12.2 Å². The van der Waals surface area contributed by atoms with Crippen LogP contribution in [0.3, 0.4) is 0 Å². The van der Waals surface area contributed by atoms with Gasteiger partial charge in [-0.15, -0.1) is 5.10 Å². The van der Waals surface area contributed by atoms with E-state index in [1.807, 2.05) is 31.2 Å². The third kappa shape index (κ3) is 4.61. The van der Waals surface area contributed by atoms with E-state index in [9.17, 15) is 4.79 Å². The summed E-state index contributed by atoms with van der Waals surface area (Å²) >= 11 is 0. The summed E-state index contributed by atoms with van der Waals surface area (Å²) in [7, 11) is 0. The third-order valence-corrected chi connectivity index (χ3v) is 3.88. The van der Waals surface area contributed by atoms with Gasteiger partial charge in [-0.3, -0.25) is 4.79 Å². The molecule has 0 unspecified atom stereocenters. The van der Waals surface area contributed by atoms with Crippen molar-refractivity contribution >= 4 is 11.6 Å². The van der Waals surface area contributed by atoms with Gasteiger partial charge in [-0.1, -0.05) is 28.1 Å². The quantitative estimate of drug-likeness (QED) is 0.532. The Balaban J connectivity index is 1.36. The summed E-state index contributed by atoms with van der Waals surface area (Å²) in [5, 5.41) is 14.3. The number of carbonyl (C=O) groups excluding carboxylic acids is 1. The molecule has 4 aromatic rings. The number of nitrogens with zero attached hydrogens (tertiary/aromatic N) is 6. The second-order valence-corrected chi connectivity index (χ2v) is 6.29. The Hall–Kier alpha value is -4.08. The van der Waals surface area contributed by atoms with Gasteiger partial charge < -0.3 is 14.6 Å². The number of hydrogen-bond donors (Lipinski definition) is 1. The van der Waals surface area contributed by atoms with Crippen molar-refractivity contribution in [3.63, 3.8) is 0 Å². The summed E-state index contributed by atoms with van der Waals surface area (Å²) < 4.78 is 12.0. The van der Waals surface area contributed by atoms with Crippen LogP contribution in [0.15, 0.2) is 53.3 Å². The SMILES string of the molecule is Cc1ccc(Oc2ccc(NC(=O)c3cn(Cc4noc(C)n4)nn3)cn2)cc1. The maximum absolute atomic E-state index is 12.4. The van der Waals surface area contributed by atoms with Crippen LogP contribution in [0, 0.1) is 13.8 Å². The van der Waals surface area contributed by atoms with E-state index in [0.29, 0.717) is 29.0 Å². The number of hydrogen-bond acceptors (Lipinski definition) is 8. The zero-order valence-corrected chi connectivity index (χ0v) is 15.7. The minimum atomic E-state index is -0.408. The zero-order valence-electron chi connectivity index (χ0n) is 15.7. The number of amides is 1. The van der Waals surface area contributed by atoms with Crippen molar-refractivity contribution in [1.29, 1.82) is 0 Å². The molecule has 0 bridgehead atoms. The fourth-order valence-corrected chi connectivity index (χ4v) is 2.47. The van der Waals surface area contributed by atoms with Crippen LogP contribution in [0.2, 0.25) is 0 Å². The van der Waals surface area contributed by atoms with Crippen LogP contribution in [-0.2, 0) is 6.54 Å². The van der Waals surface area contributed by atoms with Gasteiger partial charge in [0, 0.05) is 13.0 Å². The van der Waals surface area contributed by atoms with Crippen LogP contribution in [-0.4, -0.2) is 36.0 Å². The number of aromatic nitrogens is 6. The molecule has 0 radical (unpaired) electrons. The number of anilines is 1. The first-order chi connectivity index (χ1) is 14.0. The molecule has 10 heteroatoms. The van der Waals surface area contributed by atoms with Crippen LogP contribution >= 0.6 is 0 Å². The van der Waals surface area contributed by atoms with Crippen molar-refractivity contribution in [2.45, 2.75) is 20.4 Å². The topological polar surface area (TPSA) is 121 Å². The Morgan fingerprint density at radius 2 is 2.00 bits per heavy atom. The van der Waals surface area contributed by atoms with E-state index in [4.69, 9.17) is 9.26 Å². The lowest BCUT2D eigenvalue weighted by atomic mass is 10.2. The van der Waals surface area contributed by atoms with Crippen molar-refractivity contribution in [2.24, 2.45) is 0 Å². The van der Waals surface area contributed by atoms with Crippen LogP contribution in [0.4, 0.5) is 5.69 Å². The van der Waals surface area contributed by atoms with Crippen molar-refractivity contribution < 1.29 is 14.1 Å². The highest BCUT2D eigenvalue weighted by Gasteiger charge is 2.13. The molecule has 0 aliphatic heterocycles. The highest BCUT2D eigenvalue weighted by atomic mass is 16.5. The summed E-state index contributed by atoms with van der Waals surface area (Å²) in [5.41, 5.74) is 1.81. The average Bonchev–Trinajstić information content (AvgIpc) is 3.34. The van der Waals surface area contributed by atoms with Gasteiger partial charge in [0.15, 0.2) is 11.5 Å². The molecule has 1 aromatic carbocycles. The van der Waals surface area contributed by atoms with Crippen LogP contribution < -0.4 is 10.1 Å². The smallest absolute Gasteiger partial charge is 0.277 e. The molecular weight excluding hydrogens is 374 g/mol. The van der Waals surface area contributed by atoms with Crippen LogP contribution in [0.5, 0.6) is 11.6 Å². The predicted octanol–water partition coefficient (Wildman–Crippen LogP) is 2.77. The van der Waals surface area contributed by atoms with E-state index >= 15 is 0 Å². The molecule has 10 nitrogen and oxygen atoms in total. The highest BCUT2D eigenvalue weighted by Crippen LogP contribution is 2.21. The van der Waals surface area contributed by atoms with Crippen LogP contribution in [0.1, 0.15) is 27.8 Å². The van der Waals surface area contributed by atoms with Crippen molar-refractivity contribution in [3.8, 4) is 11.6 Å². The second-order valence-electron chi connectivity index (χ2n) is 6.29. The number of benzene rings is 1. The van der Waals surface area contributed by atoms with E-state index in [1.54, 1.807) is 19.1 Å². The predicted molar refractivity (Wildman–Crippen MR) is 102 cm³/mol. The number of ether oxygens (including phenoxy) is 1. The first kappa shape index (κ1) is 18.3. The molecule has 0 saturated heterocycles. The molecule has 1 amide bonds. The first-order valence-corrected chi connectivity index (χ1v) is 8.76. The van der Waals surface area contributed by atoms with E-state index in [2.05, 4.69) is 30.8 Å².